The van der Waals surface area contributed by atoms with Crippen molar-refractivity contribution in [1.29, 1.82) is 0 Å². The van der Waals surface area contributed by atoms with E-state index in [1.54, 1.807) is 52.8 Å². The fourth-order valence-corrected chi connectivity index (χ4v) is 2.23. The van der Waals surface area contributed by atoms with E-state index in [4.69, 9.17) is 5.21 Å². The summed E-state index contributed by atoms with van der Waals surface area (Å²) < 4.78 is 15.3. The molecule has 0 aliphatic heterocycles. The minimum absolute atomic E-state index is 0.333. The molecule has 0 spiro atoms. The fourth-order valence-electron chi connectivity index (χ4n) is 2.23. The first kappa shape index (κ1) is 14.9. The molecule has 23 heavy (non-hydrogen) atoms. The van der Waals surface area contributed by atoms with Crippen molar-refractivity contribution in [3.05, 3.63) is 71.7 Å². The zero-order valence-electron chi connectivity index (χ0n) is 12.0. The van der Waals surface area contributed by atoms with Crippen LogP contribution in [0.4, 0.5) is 4.39 Å². The maximum Gasteiger partial charge on any atom is 0.274 e. The lowest BCUT2D eigenvalue weighted by atomic mass is 10.1. The monoisotopic (exact) mass is 312 g/mol. The van der Waals surface area contributed by atoms with Crippen LogP contribution in [0.5, 0.6) is 0 Å². The molecule has 116 valence electrons. The predicted octanol–water partition coefficient (Wildman–Crippen LogP) is 2.25. The molecule has 0 radical (unpaired) electrons. The van der Waals surface area contributed by atoms with E-state index in [2.05, 4.69) is 10.3 Å². The number of nitrogens with one attached hydrogen (secondary N) is 1. The summed E-state index contributed by atoms with van der Waals surface area (Å²) in [5.41, 5.74) is 3.54. The molecule has 3 aromatic rings. The van der Waals surface area contributed by atoms with Crippen molar-refractivity contribution in [2.24, 2.45) is 0 Å². The highest BCUT2D eigenvalue weighted by molar-refractivity contribution is 5.93. The van der Waals surface area contributed by atoms with E-state index in [1.807, 2.05) is 6.07 Å². The van der Waals surface area contributed by atoms with E-state index < -0.39 is 5.91 Å². The molecule has 2 aromatic carbocycles. The van der Waals surface area contributed by atoms with Gasteiger partial charge in [0.15, 0.2) is 0 Å². The molecule has 0 bridgehead atoms. The third-order valence-electron chi connectivity index (χ3n) is 3.32. The van der Waals surface area contributed by atoms with Crippen LogP contribution in [0.3, 0.4) is 0 Å². The van der Waals surface area contributed by atoms with E-state index in [1.165, 1.54) is 6.07 Å². The molecule has 0 atom stereocenters. The Morgan fingerprint density at radius 1 is 1.22 bits per heavy atom. The van der Waals surface area contributed by atoms with Crippen LogP contribution >= 0.6 is 0 Å². The first-order valence-electron chi connectivity index (χ1n) is 6.86. The third-order valence-corrected chi connectivity index (χ3v) is 3.32. The molecule has 0 aliphatic rings. The van der Waals surface area contributed by atoms with E-state index in [0.29, 0.717) is 23.4 Å². The van der Waals surface area contributed by atoms with Crippen molar-refractivity contribution in [2.75, 3.05) is 0 Å². The van der Waals surface area contributed by atoms with Crippen molar-refractivity contribution < 1.29 is 14.4 Å². The Morgan fingerprint density at radius 3 is 2.83 bits per heavy atom. The molecule has 6 nitrogen and oxygen atoms in total. The van der Waals surface area contributed by atoms with Crippen molar-refractivity contribution >= 4 is 5.91 Å². The number of hydrogen-bond acceptors (Lipinski definition) is 4. The molecule has 0 fully saturated rings. The molecule has 1 aromatic heterocycles. The van der Waals surface area contributed by atoms with Gasteiger partial charge in [0.05, 0.1) is 12.7 Å². The number of rotatable bonds is 4. The summed E-state index contributed by atoms with van der Waals surface area (Å²) in [6.45, 7) is 0.369. The van der Waals surface area contributed by atoms with Crippen molar-refractivity contribution in [3.8, 4) is 11.3 Å². The van der Waals surface area contributed by atoms with Gasteiger partial charge in [0.2, 0.25) is 0 Å². The van der Waals surface area contributed by atoms with Gasteiger partial charge in [0.25, 0.3) is 5.91 Å². The summed E-state index contributed by atoms with van der Waals surface area (Å²) in [7, 11) is 0. The van der Waals surface area contributed by atoms with Crippen molar-refractivity contribution in [1.82, 2.24) is 20.5 Å². The summed E-state index contributed by atoms with van der Waals surface area (Å²) in [4.78, 5) is 11.4. The molecular weight excluding hydrogens is 299 g/mol. The van der Waals surface area contributed by atoms with Gasteiger partial charge in [-0.25, -0.2) is 14.6 Å². The quantitative estimate of drug-likeness (QED) is 0.572. The van der Waals surface area contributed by atoms with Gasteiger partial charge in [-0.05, 0) is 29.8 Å². The van der Waals surface area contributed by atoms with Gasteiger partial charge in [0.1, 0.15) is 11.5 Å². The van der Waals surface area contributed by atoms with Gasteiger partial charge in [-0.3, -0.25) is 10.0 Å². The minimum atomic E-state index is -0.586. The minimum Gasteiger partial charge on any atom is -0.288 e. The number of halogens is 1. The zero-order chi connectivity index (χ0) is 16.2. The van der Waals surface area contributed by atoms with Gasteiger partial charge < -0.3 is 0 Å². The van der Waals surface area contributed by atoms with Crippen LogP contribution in [0.15, 0.2) is 54.7 Å². The molecule has 2 N–H and O–H groups in total. The Balaban J connectivity index is 1.82. The van der Waals surface area contributed by atoms with Crippen LogP contribution < -0.4 is 5.48 Å². The Labute approximate surface area is 131 Å². The maximum atomic E-state index is 13.7. The van der Waals surface area contributed by atoms with Gasteiger partial charge in [-0.15, -0.1) is 5.10 Å². The number of nitrogens with zero attached hydrogens (tertiary/aromatic N) is 3. The average Bonchev–Trinajstić information content (AvgIpc) is 3.03. The molecule has 0 saturated heterocycles. The number of benzene rings is 2. The molecule has 0 unspecified atom stereocenters. The smallest absolute Gasteiger partial charge is 0.274 e. The summed E-state index contributed by atoms with van der Waals surface area (Å²) in [5.74, 6) is -0.946. The fraction of sp³-hybridized carbons (Fsp3) is 0.0625. The van der Waals surface area contributed by atoms with Crippen molar-refractivity contribution in [2.45, 2.75) is 6.54 Å². The Hall–Kier alpha value is -3.06. The van der Waals surface area contributed by atoms with Gasteiger partial charge in [0, 0.05) is 11.1 Å². The molecule has 1 amide bonds. The highest BCUT2D eigenvalue weighted by Gasteiger charge is 2.09. The van der Waals surface area contributed by atoms with Crippen LogP contribution in [-0.2, 0) is 6.54 Å². The Kier molecular flexibility index (Phi) is 4.11. The highest BCUT2D eigenvalue weighted by atomic mass is 19.1. The van der Waals surface area contributed by atoms with Crippen LogP contribution in [-0.4, -0.2) is 26.1 Å². The lowest BCUT2D eigenvalue weighted by Gasteiger charge is -2.04. The molecule has 0 aliphatic carbocycles. The molecule has 7 heteroatoms. The van der Waals surface area contributed by atoms with E-state index in [-0.39, 0.29) is 5.82 Å². The number of hydrogen-bond donors (Lipinski definition) is 2. The summed E-state index contributed by atoms with van der Waals surface area (Å²) in [6, 6.07) is 13.1. The molecule has 1 heterocycles. The molecule has 0 saturated carbocycles. The number of aromatic nitrogens is 3. The predicted molar refractivity (Wildman–Crippen MR) is 80.2 cm³/mol. The van der Waals surface area contributed by atoms with E-state index >= 15 is 0 Å². The van der Waals surface area contributed by atoms with Gasteiger partial charge in [-0.1, -0.05) is 29.5 Å². The Bertz CT molecular complexity index is 847. The maximum absolute atomic E-state index is 13.7. The van der Waals surface area contributed by atoms with Gasteiger partial charge in [-0.2, -0.15) is 0 Å². The van der Waals surface area contributed by atoms with Crippen LogP contribution in [0.2, 0.25) is 0 Å². The van der Waals surface area contributed by atoms with Crippen LogP contribution in [0.1, 0.15) is 15.9 Å². The second-order valence-electron chi connectivity index (χ2n) is 4.92. The van der Waals surface area contributed by atoms with Crippen LogP contribution in [0.25, 0.3) is 11.3 Å². The number of amides is 1. The summed E-state index contributed by atoms with van der Waals surface area (Å²) in [5, 5.41) is 16.6. The Morgan fingerprint density at radius 2 is 2.04 bits per heavy atom. The second-order valence-corrected chi connectivity index (χ2v) is 4.92. The largest absolute Gasteiger partial charge is 0.288 e. The second kappa shape index (κ2) is 6.37. The molecular formula is C16H13FN4O2. The summed E-state index contributed by atoms with van der Waals surface area (Å²) in [6.07, 6.45) is 1.64. The SMILES string of the molecule is O=C(NO)c1cccc(Cn2cc(-c3ccccc3F)nn2)c1. The number of hydroxylamine groups is 1. The third kappa shape index (κ3) is 3.24. The topological polar surface area (TPSA) is 80.0 Å². The summed E-state index contributed by atoms with van der Waals surface area (Å²) >= 11 is 0. The van der Waals surface area contributed by atoms with Crippen LogP contribution in [0, 0.1) is 5.82 Å². The zero-order valence-corrected chi connectivity index (χ0v) is 12.0. The number of carbonyl (C=O) groups is 1. The average molecular weight is 312 g/mol. The standard InChI is InChI=1S/C16H13FN4O2/c17-14-7-2-1-6-13(14)15-10-21(20-18-15)9-11-4-3-5-12(8-11)16(22)19-23/h1-8,10,23H,9H2,(H,19,22). The van der Waals surface area contributed by atoms with E-state index in [0.717, 1.165) is 5.56 Å². The first-order valence-corrected chi connectivity index (χ1v) is 6.86. The van der Waals surface area contributed by atoms with Crippen molar-refractivity contribution in [3.63, 3.8) is 0 Å². The highest BCUT2D eigenvalue weighted by Crippen LogP contribution is 2.19. The lowest BCUT2D eigenvalue weighted by molar-refractivity contribution is 0.0706. The molecule has 3 rings (SSSR count). The number of carbonyl (C=O) groups excluding carboxylic acids is 1. The first-order chi connectivity index (χ1) is 11.2. The van der Waals surface area contributed by atoms with Gasteiger partial charge >= 0.3 is 0 Å². The lowest BCUT2D eigenvalue weighted by Crippen LogP contribution is -2.18. The normalized spacial score (nSPS) is 10.5. The van der Waals surface area contributed by atoms with E-state index in [9.17, 15) is 9.18 Å².